The standard InChI is InChI=1S/C21H26ClNOS/c1-16(13-14-17-9-5-4-6-10-17)23-20(24)21(2,3)25-15-18-11-7-8-12-19(18)22/h4-12,16H,13-15H2,1-3H3,(H,23,24). The summed E-state index contributed by atoms with van der Waals surface area (Å²) in [6.45, 7) is 6.00. The zero-order chi connectivity index (χ0) is 18.3. The molecule has 2 rings (SSSR count). The first kappa shape index (κ1) is 19.9. The Hall–Kier alpha value is -1.45. The summed E-state index contributed by atoms with van der Waals surface area (Å²) in [5.74, 6) is 0.795. The molecule has 2 aromatic carbocycles. The molecule has 1 amide bonds. The molecule has 0 heterocycles. The van der Waals surface area contributed by atoms with Gasteiger partial charge in [-0.25, -0.2) is 0 Å². The highest BCUT2D eigenvalue weighted by Crippen LogP contribution is 2.31. The molecule has 1 N–H and O–H groups in total. The lowest BCUT2D eigenvalue weighted by Crippen LogP contribution is -2.44. The molecular weight excluding hydrogens is 350 g/mol. The second-order valence-corrected chi connectivity index (χ2v) is 8.79. The fraction of sp³-hybridized carbons (Fsp3) is 0.381. The number of aryl methyl sites for hydroxylation is 1. The van der Waals surface area contributed by atoms with Crippen molar-refractivity contribution in [3.8, 4) is 0 Å². The first-order valence-electron chi connectivity index (χ1n) is 8.61. The predicted molar refractivity (Wildman–Crippen MR) is 109 cm³/mol. The van der Waals surface area contributed by atoms with E-state index < -0.39 is 4.75 Å². The Morgan fingerprint density at radius 3 is 2.44 bits per heavy atom. The lowest BCUT2D eigenvalue weighted by atomic mass is 10.1. The summed E-state index contributed by atoms with van der Waals surface area (Å²) in [4.78, 5) is 12.6. The van der Waals surface area contributed by atoms with Gasteiger partial charge in [0.2, 0.25) is 5.91 Å². The van der Waals surface area contributed by atoms with E-state index in [1.165, 1.54) is 5.56 Å². The third-order valence-electron chi connectivity index (χ3n) is 4.18. The van der Waals surface area contributed by atoms with Crippen molar-refractivity contribution in [2.24, 2.45) is 0 Å². The average molecular weight is 376 g/mol. The Labute approximate surface area is 160 Å². The molecule has 0 bridgehead atoms. The largest absolute Gasteiger partial charge is 0.352 e. The van der Waals surface area contributed by atoms with Gasteiger partial charge in [-0.05, 0) is 50.8 Å². The van der Waals surface area contributed by atoms with Gasteiger partial charge in [0.1, 0.15) is 0 Å². The van der Waals surface area contributed by atoms with Crippen LogP contribution in [0.15, 0.2) is 54.6 Å². The van der Waals surface area contributed by atoms with Crippen LogP contribution in [-0.2, 0) is 17.0 Å². The summed E-state index contributed by atoms with van der Waals surface area (Å²) < 4.78 is -0.500. The number of nitrogens with one attached hydrogen (secondary N) is 1. The molecule has 1 unspecified atom stereocenters. The molecule has 25 heavy (non-hydrogen) atoms. The molecule has 0 fully saturated rings. The molecule has 2 nitrogen and oxygen atoms in total. The van der Waals surface area contributed by atoms with Crippen molar-refractivity contribution >= 4 is 29.3 Å². The van der Waals surface area contributed by atoms with Crippen molar-refractivity contribution in [1.29, 1.82) is 0 Å². The number of hydrogen-bond donors (Lipinski definition) is 1. The summed E-state index contributed by atoms with van der Waals surface area (Å²) in [7, 11) is 0. The monoisotopic (exact) mass is 375 g/mol. The minimum Gasteiger partial charge on any atom is -0.352 e. The van der Waals surface area contributed by atoms with Crippen molar-refractivity contribution in [2.45, 2.75) is 50.2 Å². The molecule has 0 aliphatic carbocycles. The van der Waals surface area contributed by atoms with Gasteiger partial charge in [-0.15, -0.1) is 11.8 Å². The van der Waals surface area contributed by atoms with Gasteiger partial charge < -0.3 is 5.32 Å². The van der Waals surface area contributed by atoms with Gasteiger partial charge in [0.25, 0.3) is 0 Å². The molecule has 134 valence electrons. The number of benzene rings is 2. The zero-order valence-electron chi connectivity index (χ0n) is 15.1. The van der Waals surface area contributed by atoms with E-state index in [0.717, 1.165) is 29.2 Å². The van der Waals surface area contributed by atoms with E-state index in [1.807, 2.05) is 56.3 Å². The third kappa shape index (κ3) is 6.41. The molecule has 0 aliphatic rings. The number of carbonyl (C=O) groups is 1. The maximum absolute atomic E-state index is 12.6. The van der Waals surface area contributed by atoms with E-state index >= 15 is 0 Å². The minimum absolute atomic E-state index is 0.0742. The maximum atomic E-state index is 12.6. The highest BCUT2D eigenvalue weighted by Gasteiger charge is 2.29. The molecule has 0 radical (unpaired) electrons. The quantitative estimate of drug-likeness (QED) is 0.661. The van der Waals surface area contributed by atoms with Crippen LogP contribution in [0.1, 0.15) is 38.3 Å². The van der Waals surface area contributed by atoms with Crippen molar-refractivity contribution < 1.29 is 4.79 Å². The summed E-state index contributed by atoms with van der Waals surface area (Å²) in [5.41, 5.74) is 2.36. The van der Waals surface area contributed by atoms with Crippen molar-refractivity contribution in [3.05, 3.63) is 70.7 Å². The van der Waals surface area contributed by atoms with Crippen LogP contribution in [0.25, 0.3) is 0 Å². The average Bonchev–Trinajstić information content (AvgIpc) is 2.60. The van der Waals surface area contributed by atoms with Gasteiger partial charge in [0.05, 0.1) is 4.75 Å². The Kier molecular flexibility index (Phi) is 7.39. The zero-order valence-corrected chi connectivity index (χ0v) is 16.7. The summed E-state index contributed by atoms with van der Waals surface area (Å²) in [5, 5.41) is 3.90. The molecule has 0 spiro atoms. The fourth-order valence-corrected chi connectivity index (χ4v) is 3.68. The Balaban J connectivity index is 1.82. The van der Waals surface area contributed by atoms with E-state index in [-0.39, 0.29) is 11.9 Å². The maximum Gasteiger partial charge on any atom is 0.235 e. The lowest BCUT2D eigenvalue weighted by Gasteiger charge is -2.26. The first-order valence-corrected chi connectivity index (χ1v) is 9.97. The fourth-order valence-electron chi connectivity index (χ4n) is 2.44. The van der Waals surface area contributed by atoms with Gasteiger partial charge >= 0.3 is 0 Å². The van der Waals surface area contributed by atoms with Crippen LogP contribution in [0.2, 0.25) is 5.02 Å². The van der Waals surface area contributed by atoms with E-state index in [1.54, 1.807) is 11.8 Å². The first-order chi connectivity index (χ1) is 11.9. The van der Waals surface area contributed by atoms with Crippen LogP contribution >= 0.6 is 23.4 Å². The molecular formula is C21H26ClNOS. The molecule has 0 saturated heterocycles. The second kappa shape index (κ2) is 9.30. The highest BCUT2D eigenvalue weighted by molar-refractivity contribution is 8.00. The molecule has 0 saturated carbocycles. The Morgan fingerprint density at radius 1 is 1.12 bits per heavy atom. The molecule has 0 aromatic heterocycles. The van der Waals surface area contributed by atoms with Crippen molar-refractivity contribution in [3.63, 3.8) is 0 Å². The Bertz CT molecular complexity index is 687. The molecule has 0 aliphatic heterocycles. The van der Waals surface area contributed by atoms with Gasteiger partial charge in [-0.2, -0.15) is 0 Å². The highest BCUT2D eigenvalue weighted by atomic mass is 35.5. The van der Waals surface area contributed by atoms with E-state index in [9.17, 15) is 4.79 Å². The number of amides is 1. The Morgan fingerprint density at radius 2 is 1.76 bits per heavy atom. The predicted octanol–water partition coefficient (Wildman–Crippen LogP) is 5.49. The second-order valence-electron chi connectivity index (χ2n) is 6.79. The van der Waals surface area contributed by atoms with Crippen LogP contribution in [-0.4, -0.2) is 16.7 Å². The van der Waals surface area contributed by atoms with Gasteiger partial charge in [0.15, 0.2) is 0 Å². The SMILES string of the molecule is CC(CCc1ccccc1)NC(=O)C(C)(C)SCc1ccccc1Cl. The molecule has 4 heteroatoms. The molecule has 1 atom stereocenters. The van der Waals surface area contributed by atoms with Crippen LogP contribution in [0.3, 0.4) is 0 Å². The van der Waals surface area contributed by atoms with E-state index in [2.05, 4.69) is 24.4 Å². The number of carbonyl (C=O) groups excluding carboxylic acids is 1. The van der Waals surface area contributed by atoms with Crippen molar-refractivity contribution in [1.82, 2.24) is 5.32 Å². The van der Waals surface area contributed by atoms with Crippen LogP contribution in [0.5, 0.6) is 0 Å². The number of rotatable bonds is 8. The van der Waals surface area contributed by atoms with E-state index in [4.69, 9.17) is 11.6 Å². The summed E-state index contributed by atoms with van der Waals surface area (Å²) in [6.07, 6.45) is 1.90. The molecule has 2 aromatic rings. The van der Waals surface area contributed by atoms with Crippen LogP contribution in [0.4, 0.5) is 0 Å². The lowest BCUT2D eigenvalue weighted by molar-refractivity contribution is -0.123. The van der Waals surface area contributed by atoms with E-state index in [0.29, 0.717) is 0 Å². The van der Waals surface area contributed by atoms with Gasteiger partial charge in [0, 0.05) is 16.8 Å². The topological polar surface area (TPSA) is 29.1 Å². The van der Waals surface area contributed by atoms with Crippen LogP contribution in [0, 0.1) is 0 Å². The summed E-state index contributed by atoms with van der Waals surface area (Å²) in [6, 6.07) is 18.3. The summed E-state index contributed by atoms with van der Waals surface area (Å²) >= 11 is 7.82. The number of halogens is 1. The van der Waals surface area contributed by atoms with Gasteiger partial charge in [-0.1, -0.05) is 60.1 Å². The van der Waals surface area contributed by atoms with Gasteiger partial charge in [-0.3, -0.25) is 4.79 Å². The third-order valence-corrected chi connectivity index (χ3v) is 5.91. The number of thioether (sulfide) groups is 1. The smallest absolute Gasteiger partial charge is 0.235 e. The minimum atomic E-state index is -0.500. The number of hydrogen-bond acceptors (Lipinski definition) is 2. The van der Waals surface area contributed by atoms with Crippen molar-refractivity contribution in [2.75, 3.05) is 0 Å². The van der Waals surface area contributed by atoms with Crippen LogP contribution < -0.4 is 5.32 Å². The normalized spacial score (nSPS) is 12.6.